The van der Waals surface area contributed by atoms with Crippen LogP contribution in [0.3, 0.4) is 0 Å². The SMILES string of the molecule is CCN(CC(C)C)S(=O)(=O)c1cc(C)c(F)c(CNC)c1. The molecule has 1 aromatic rings. The van der Waals surface area contributed by atoms with E-state index in [1.165, 1.54) is 16.4 Å². The van der Waals surface area contributed by atoms with E-state index in [0.29, 0.717) is 30.8 Å². The molecule has 1 aromatic carbocycles. The molecule has 0 spiro atoms. The zero-order valence-electron chi connectivity index (χ0n) is 13.4. The van der Waals surface area contributed by atoms with E-state index in [1.807, 2.05) is 20.8 Å². The minimum Gasteiger partial charge on any atom is -0.316 e. The van der Waals surface area contributed by atoms with Gasteiger partial charge >= 0.3 is 0 Å². The molecule has 0 aliphatic heterocycles. The fourth-order valence-electron chi connectivity index (χ4n) is 2.23. The fraction of sp³-hybridized carbons (Fsp3) is 0.600. The van der Waals surface area contributed by atoms with Crippen LogP contribution in [0.2, 0.25) is 0 Å². The smallest absolute Gasteiger partial charge is 0.243 e. The van der Waals surface area contributed by atoms with Crippen molar-refractivity contribution >= 4 is 10.0 Å². The van der Waals surface area contributed by atoms with Gasteiger partial charge in [0.15, 0.2) is 0 Å². The van der Waals surface area contributed by atoms with Gasteiger partial charge in [-0.1, -0.05) is 20.8 Å². The van der Waals surface area contributed by atoms with Gasteiger partial charge in [0.25, 0.3) is 0 Å². The van der Waals surface area contributed by atoms with Gasteiger partial charge < -0.3 is 5.32 Å². The van der Waals surface area contributed by atoms with Crippen LogP contribution in [-0.4, -0.2) is 32.9 Å². The summed E-state index contributed by atoms with van der Waals surface area (Å²) in [6, 6.07) is 2.84. The number of aryl methyl sites for hydroxylation is 1. The fourth-order valence-corrected chi connectivity index (χ4v) is 3.98. The summed E-state index contributed by atoms with van der Waals surface area (Å²) >= 11 is 0. The lowest BCUT2D eigenvalue weighted by Gasteiger charge is -2.23. The number of hydrogen-bond donors (Lipinski definition) is 1. The number of benzene rings is 1. The molecule has 0 saturated heterocycles. The minimum absolute atomic E-state index is 0.161. The third-order valence-corrected chi connectivity index (χ3v) is 5.15. The van der Waals surface area contributed by atoms with E-state index in [1.54, 1.807) is 14.0 Å². The van der Waals surface area contributed by atoms with E-state index in [2.05, 4.69) is 5.32 Å². The predicted molar refractivity (Wildman–Crippen MR) is 83.2 cm³/mol. The summed E-state index contributed by atoms with van der Waals surface area (Å²) in [5.41, 5.74) is 0.721. The number of rotatable bonds is 7. The van der Waals surface area contributed by atoms with Gasteiger partial charge in [0.05, 0.1) is 4.90 Å². The maximum atomic E-state index is 14.0. The average molecular weight is 316 g/mol. The summed E-state index contributed by atoms with van der Waals surface area (Å²) in [6.07, 6.45) is 0. The maximum absolute atomic E-state index is 14.0. The van der Waals surface area contributed by atoms with Crippen molar-refractivity contribution in [3.8, 4) is 0 Å². The van der Waals surface area contributed by atoms with Crippen LogP contribution in [0, 0.1) is 18.7 Å². The van der Waals surface area contributed by atoms with Crippen molar-refractivity contribution in [3.05, 3.63) is 29.1 Å². The Labute approximate surface area is 127 Å². The molecular weight excluding hydrogens is 291 g/mol. The Morgan fingerprint density at radius 3 is 2.43 bits per heavy atom. The highest BCUT2D eigenvalue weighted by Gasteiger charge is 2.25. The third-order valence-electron chi connectivity index (χ3n) is 3.23. The van der Waals surface area contributed by atoms with E-state index >= 15 is 0 Å². The topological polar surface area (TPSA) is 49.4 Å². The molecule has 0 aliphatic rings. The molecule has 0 radical (unpaired) electrons. The van der Waals surface area contributed by atoms with Crippen LogP contribution in [-0.2, 0) is 16.6 Å². The molecule has 0 bridgehead atoms. The first kappa shape index (κ1) is 18.1. The highest BCUT2D eigenvalue weighted by molar-refractivity contribution is 7.89. The molecule has 1 rings (SSSR count). The van der Waals surface area contributed by atoms with Gasteiger partial charge in [0, 0.05) is 25.2 Å². The van der Waals surface area contributed by atoms with Crippen molar-refractivity contribution in [3.63, 3.8) is 0 Å². The Bertz CT molecular complexity index is 586. The van der Waals surface area contributed by atoms with Gasteiger partial charge in [0.2, 0.25) is 10.0 Å². The molecule has 120 valence electrons. The standard InChI is InChI=1S/C15H25FN2O2S/c1-6-18(10-11(2)3)21(19,20)14-7-12(4)15(16)13(8-14)9-17-5/h7-8,11,17H,6,9-10H2,1-5H3. The second-order valence-corrected chi connectivity index (χ2v) is 7.53. The molecule has 6 heteroatoms. The van der Waals surface area contributed by atoms with Crippen molar-refractivity contribution in [2.45, 2.75) is 39.1 Å². The Morgan fingerprint density at radius 2 is 1.95 bits per heavy atom. The van der Waals surface area contributed by atoms with Gasteiger partial charge in [0.1, 0.15) is 5.82 Å². The van der Waals surface area contributed by atoms with Crippen LogP contribution < -0.4 is 5.32 Å². The summed E-state index contributed by atoms with van der Waals surface area (Å²) in [6.45, 7) is 8.50. The number of hydrogen-bond acceptors (Lipinski definition) is 3. The van der Waals surface area contributed by atoms with E-state index in [0.717, 1.165) is 0 Å². The maximum Gasteiger partial charge on any atom is 0.243 e. The van der Waals surface area contributed by atoms with Crippen LogP contribution in [0.5, 0.6) is 0 Å². The van der Waals surface area contributed by atoms with Crippen molar-refractivity contribution < 1.29 is 12.8 Å². The molecule has 0 saturated carbocycles. The molecule has 1 N–H and O–H groups in total. The molecule has 21 heavy (non-hydrogen) atoms. The molecule has 0 aromatic heterocycles. The van der Waals surface area contributed by atoms with Crippen LogP contribution in [0.4, 0.5) is 4.39 Å². The molecule has 4 nitrogen and oxygen atoms in total. The zero-order chi connectivity index (χ0) is 16.2. The Kier molecular flexibility index (Phi) is 6.31. The van der Waals surface area contributed by atoms with Gasteiger partial charge in [-0.15, -0.1) is 0 Å². The summed E-state index contributed by atoms with van der Waals surface area (Å²) < 4.78 is 40.8. The van der Waals surface area contributed by atoms with Crippen molar-refractivity contribution in [1.82, 2.24) is 9.62 Å². The van der Waals surface area contributed by atoms with Gasteiger partial charge in [-0.05, 0) is 37.6 Å². The molecule has 0 heterocycles. The zero-order valence-corrected chi connectivity index (χ0v) is 14.2. The van der Waals surface area contributed by atoms with Crippen molar-refractivity contribution in [1.29, 1.82) is 0 Å². The van der Waals surface area contributed by atoms with Gasteiger partial charge in [-0.3, -0.25) is 0 Å². The Balaban J connectivity index is 3.30. The van der Waals surface area contributed by atoms with E-state index in [9.17, 15) is 12.8 Å². The van der Waals surface area contributed by atoms with Crippen LogP contribution in [0.25, 0.3) is 0 Å². The lowest BCUT2D eigenvalue weighted by atomic mass is 10.1. The largest absolute Gasteiger partial charge is 0.316 e. The summed E-state index contributed by atoms with van der Waals surface area (Å²) in [4.78, 5) is 0.161. The summed E-state index contributed by atoms with van der Waals surface area (Å²) in [7, 11) is -1.89. The van der Waals surface area contributed by atoms with Gasteiger partial charge in [-0.2, -0.15) is 4.31 Å². The van der Waals surface area contributed by atoms with Crippen LogP contribution in [0.1, 0.15) is 31.9 Å². The summed E-state index contributed by atoms with van der Waals surface area (Å²) in [5, 5.41) is 2.86. The molecule has 0 unspecified atom stereocenters. The third kappa shape index (κ3) is 4.25. The second-order valence-electron chi connectivity index (χ2n) is 5.59. The monoisotopic (exact) mass is 316 g/mol. The molecule has 0 atom stereocenters. The highest BCUT2D eigenvalue weighted by atomic mass is 32.2. The Hall–Kier alpha value is -0.980. The Morgan fingerprint density at radius 1 is 1.33 bits per heavy atom. The van der Waals surface area contributed by atoms with Crippen molar-refractivity contribution in [2.75, 3.05) is 20.1 Å². The van der Waals surface area contributed by atoms with E-state index in [-0.39, 0.29) is 16.6 Å². The first-order valence-electron chi connectivity index (χ1n) is 7.17. The molecule has 0 aliphatic carbocycles. The normalized spacial score (nSPS) is 12.4. The number of nitrogens with one attached hydrogen (secondary N) is 1. The molecular formula is C15H25FN2O2S. The molecule has 0 fully saturated rings. The average Bonchev–Trinajstić information content (AvgIpc) is 2.40. The first-order valence-corrected chi connectivity index (χ1v) is 8.61. The lowest BCUT2D eigenvalue weighted by Crippen LogP contribution is -2.34. The second kappa shape index (κ2) is 7.33. The lowest BCUT2D eigenvalue weighted by molar-refractivity contribution is 0.380. The van der Waals surface area contributed by atoms with E-state index in [4.69, 9.17) is 0 Å². The highest BCUT2D eigenvalue weighted by Crippen LogP contribution is 2.23. The minimum atomic E-state index is -3.59. The van der Waals surface area contributed by atoms with Crippen LogP contribution >= 0.6 is 0 Å². The predicted octanol–water partition coefficient (Wildman–Crippen LogP) is 2.52. The quantitative estimate of drug-likeness (QED) is 0.841. The van der Waals surface area contributed by atoms with E-state index < -0.39 is 10.0 Å². The summed E-state index contributed by atoms with van der Waals surface area (Å²) in [5.74, 6) is -0.117. The number of sulfonamides is 1. The van der Waals surface area contributed by atoms with Crippen molar-refractivity contribution in [2.24, 2.45) is 5.92 Å². The van der Waals surface area contributed by atoms with Gasteiger partial charge in [-0.25, -0.2) is 12.8 Å². The van der Waals surface area contributed by atoms with Crippen LogP contribution in [0.15, 0.2) is 17.0 Å². The number of nitrogens with zero attached hydrogens (tertiary/aromatic N) is 1. The number of halogens is 1. The first-order chi connectivity index (χ1) is 9.73. The molecule has 0 amide bonds.